The van der Waals surface area contributed by atoms with Gasteiger partial charge in [0, 0.05) is 19.1 Å². The van der Waals surface area contributed by atoms with Crippen molar-refractivity contribution in [1.29, 1.82) is 0 Å². The maximum atomic E-state index is 6.08. The van der Waals surface area contributed by atoms with Gasteiger partial charge in [0.05, 0.1) is 12.2 Å². The van der Waals surface area contributed by atoms with Crippen LogP contribution in [0.3, 0.4) is 0 Å². The van der Waals surface area contributed by atoms with E-state index < -0.39 is 0 Å². The summed E-state index contributed by atoms with van der Waals surface area (Å²) < 4.78 is 6.08. The third-order valence-electron chi connectivity index (χ3n) is 4.31. The molecule has 2 fully saturated rings. The standard InChI is InChI=1S/C14H28N2O/c1-4-15-9-13-7-8-14(17-13)10-16(3)11(2)12-5-6-12/h11-15H,4-10H2,1-3H3. The first kappa shape index (κ1) is 13.3. The number of ether oxygens (including phenoxy) is 1. The van der Waals surface area contributed by atoms with E-state index >= 15 is 0 Å². The van der Waals surface area contributed by atoms with Crippen molar-refractivity contribution in [3.8, 4) is 0 Å². The number of rotatable bonds is 7. The van der Waals surface area contributed by atoms with Gasteiger partial charge in [-0.25, -0.2) is 0 Å². The number of nitrogens with one attached hydrogen (secondary N) is 1. The summed E-state index contributed by atoms with van der Waals surface area (Å²) in [7, 11) is 2.25. The lowest BCUT2D eigenvalue weighted by Gasteiger charge is -2.27. The molecule has 1 saturated heterocycles. The molecule has 3 unspecified atom stereocenters. The van der Waals surface area contributed by atoms with Crippen LogP contribution in [0.15, 0.2) is 0 Å². The second-order valence-electron chi connectivity index (χ2n) is 5.78. The lowest BCUT2D eigenvalue weighted by molar-refractivity contribution is 0.0204. The molecule has 0 aromatic heterocycles. The number of hydrogen-bond acceptors (Lipinski definition) is 3. The highest BCUT2D eigenvalue weighted by Crippen LogP contribution is 2.35. The summed E-state index contributed by atoms with van der Waals surface area (Å²) in [6.07, 6.45) is 6.23. The molecule has 0 aromatic rings. The SMILES string of the molecule is CCNCC1CCC(CN(C)C(C)C2CC2)O1. The molecule has 3 heteroatoms. The van der Waals surface area contributed by atoms with E-state index in [1.807, 2.05) is 0 Å². The Labute approximate surface area is 106 Å². The van der Waals surface area contributed by atoms with E-state index in [9.17, 15) is 0 Å². The van der Waals surface area contributed by atoms with Crippen LogP contribution in [0.1, 0.15) is 39.5 Å². The zero-order valence-electron chi connectivity index (χ0n) is 11.6. The zero-order valence-corrected chi connectivity index (χ0v) is 11.6. The molecule has 1 heterocycles. The number of likely N-dealkylation sites (N-methyl/N-ethyl adjacent to an activating group) is 2. The topological polar surface area (TPSA) is 24.5 Å². The molecule has 0 aromatic carbocycles. The van der Waals surface area contributed by atoms with Gasteiger partial charge in [0.1, 0.15) is 0 Å². The number of hydrogen-bond donors (Lipinski definition) is 1. The second-order valence-corrected chi connectivity index (χ2v) is 5.78. The minimum atomic E-state index is 0.449. The van der Waals surface area contributed by atoms with E-state index in [1.165, 1.54) is 25.7 Å². The van der Waals surface area contributed by atoms with Gasteiger partial charge in [0.15, 0.2) is 0 Å². The van der Waals surface area contributed by atoms with Gasteiger partial charge in [-0.2, -0.15) is 0 Å². The summed E-state index contributed by atoms with van der Waals surface area (Å²) in [6, 6.07) is 0.742. The highest BCUT2D eigenvalue weighted by atomic mass is 16.5. The molecule has 1 aliphatic heterocycles. The quantitative estimate of drug-likeness (QED) is 0.735. The van der Waals surface area contributed by atoms with Crippen molar-refractivity contribution < 1.29 is 4.74 Å². The van der Waals surface area contributed by atoms with E-state index in [2.05, 4.69) is 31.1 Å². The summed E-state index contributed by atoms with van der Waals surface area (Å²) in [4.78, 5) is 2.50. The predicted octanol–water partition coefficient (Wildman–Crippen LogP) is 1.87. The molecular weight excluding hydrogens is 212 g/mol. The van der Waals surface area contributed by atoms with E-state index in [4.69, 9.17) is 4.74 Å². The molecule has 1 aliphatic carbocycles. The zero-order chi connectivity index (χ0) is 12.3. The van der Waals surface area contributed by atoms with Gasteiger partial charge >= 0.3 is 0 Å². The highest BCUT2D eigenvalue weighted by molar-refractivity contribution is 4.86. The molecule has 1 saturated carbocycles. The first-order chi connectivity index (χ1) is 8.20. The maximum absolute atomic E-state index is 6.08. The average Bonchev–Trinajstić information content (AvgIpc) is 3.08. The van der Waals surface area contributed by atoms with Gasteiger partial charge < -0.3 is 15.0 Å². The van der Waals surface area contributed by atoms with Crippen LogP contribution >= 0.6 is 0 Å². The van der Waals surface area contributed by atoms with Gasteiger partial charge in [0.2, 0.25) is 0 Å². The Morgan fingerprint density at radius 2 is 1.94 bits per heavy atom. The third-order valence-corrected chi connectivity index (χ3v) is 4.31. The molecule has 3 nitrogen and oxygen atoms in total. The molecule has 17 heavy (non-hydrogen) atoms. The highest BCUT2D eigenvalue weighted by Gasteiger charge is 2.33. The van der Waals surface area contributed by atoms with Gasteiger partial charge in [-0.15, -0.1) is 0 Å². The first-order valence-electron chi connectivity index (χ1n) is 7.27. The minimum absolute atomic E-state index is 0.449. The van der Waals surface area contributed by atoms with Crippen LogP contribution in [0.2, 0.25) is 0 Å². The van der Waals surface area contributed by atoms with Crippen LogP contribution in [-0.4, -0.2) is 49.8 Å². The Morgan fingerprint density at radius 3 is 2.59 bits per heavy atom. The molecule has 2 aliphatic rings. The Balaban J connectivity index is 1.66. The third kappa shape index (κ3) is 3.94. The summed E-state index contributed by atoms with van der Waals surface area (Å²) in [5, 5.41) is 3.38. The van der Waals surface area contributed by atoms with Crippen LogP contribution in [0.5, 0.6) is 0 Å². The van der Waals surface area contributed by atoms with Gasteiger partial charge in [-0.05, 0) is 52.1 Å². The van der Waals surface area contributed by atoms with Crippen molar-refractivity contribution in [2.24, 2.45) is 5.92 Å². The second kappa shape index (κ2) is 6.17. The molecule has 1 N–H and O–H groups in total. The molecule has 0 bridgehead atoms. The van der Waals surface area contributed by atoms with Crippen LogP contribution in [0, 0.1) is 5.92 Å². The Morgan fingerprint density at radius 1 is 1.24 bits per heavy atom. The van der Waals surface area contributed by atoms with E-state index in [-0.39, 0.29) is 0 Å². The maximum Gasteiger partial charge on any atom is 0.0707 e. The number of nitrogens with zero attached hydrogens (tertiary/aromatic N) is 1. The van der Waals surface area contributed by atoms with Crippen molar-refractivity contribution in [2.45, 2.75) is 57.8 Å². The van der Waals surface area contributed by atoms with Crippen LogP contribution < -0.4 is 5.32 Å². The van der Waals surface area contributed by atoms with Crippen LogP contribution in [-0.2, 0) is 4.74 Å². The fourth-order valence-electron chi connectivity index (χ4n) is 2.80. The van der Waals surface area contributed by atoms with Crippen molar-refractivity contribution in [1.82, 2.24) is 10.2 Å². The largest absolute Gasteiger partial charge is 0.372 e. The van der Waals surface area contributed by atoms with E-state index in [0.29, 0.717) is 12.2 Å². The summed E-state index contributed by atoms with van der Waals surface area (Å²) in [6.45, 7) is 7.69. The Hall–Kier alpha value is -0.120. The normalized spacial score (nSPS) is 31.1. The average molecular weight is 240 g/mol. The lowest BCUT2D eigenvalue weighted by Crippen LogP contribution is -2.37. The van der Waals surface area contributed by atoms with Crippen molar-refractivity contribution in [3.05, 3.63) is 0 Å². The molecule has 3 atom stereocenters. The van der Waals surface area contributed by atoms with E-state index in [0.717, 1.165) is 31.6 Å². The summed E-state index contributed by atoms with van der Waals surface area (Å²) in [5.41, 5.74) is 0. The van der Waals surface area contributed by atoms with E-state index in [1.54, 1.807) is 0 Å². The van der Waals surface area contributed by atoms with Crippen LogP contribution in [0.25, 0.3) is 0 Å². The molecule has 0 radical (unpaired) electrons. The molecule has 100 valence electrons. The summed E-state index contributed by atoms with van der Waals surface area (Å²) >= 11 is 0. The Bertz CT molecular complexity index is 230. The van der Waals surface area contributed by atoms with Gasteiger partial charge in [-0.1, -0.05) is 6.92 Å². The molecular formula is C14H28N2O. The van der Waals surface area contributed by atoms with Crippen molar-refractivity contribution in [2.75, 3.05) is 26.7 Å². The van der Waals surface area contributed by atoms with Gasteiger partial charge in [0.25, 0.3) is 0 Å². The lowest BCUT2D eigenvalue weighted by atomic mass is 10.1. The fourth-order valence-corrected chi connectivity index (χ4v) is 2.80. The molecule has 0 spiro atoms. The van der Waals surface area contributed by atoms with Crippen molar-refractivity contribution in [3.63, 3.8) is 0 Å². The van der Waals surface area contributed by atoms with Crippen LogP contribution in [0.4, 0.5) is 0 Å². The summed E-state index contributed by atoms with van der Waals surface area (Å²) in [5.74, 6) is 0.957. The first-order valence-corrected chi connectivity index (χ1v) is 7.27. The van der Waals surface area contributed by atoms with Crippen molar-refractivity contribution >= 4 is 0 Å². The smallest absolute Gasteiger partial charge is 0.0707 e. The van der Waals surface area contributed by atoms with Gasteiger partial charge in [-0.3, -0.25) is 0 Å². The monoisotopic (exact) mass is 240 g/mol. The molecule has 2 rings (SSSR count). The molecule has 0 amide bonds. The Kier molecular flexibility index (Phi) is 4.83. The minimum Gasteiger partial charge on any atom is -0.372 e. The predicted molar refractivity (Wildman–Crippen MR) is 71.3 cm³/mol. The fraction of sp³-hybridized carbons (Fsp3) is 1.00.